The third-order valence-corrected chi connectivity index (χ3v) is 18.3. The molecule has 0 amide bonds. The summed E-state index contributed by atoms with van der Waals surface area (Å²) in [6, 6.07) is 11.3. The molecule has 1 aromatic carbocycles. The van der Waals surface area contributed by atoms with E-state index in [2.05, 4.69) is 109 Å². The highest BCUT2D eigenvalue weighted by atomic mass is 31.0. The molecule has 1 spiro atoms. The minimum atomic E-state index is -2.18. The van der Waals surface area contributed by atoms with Crippen LogP contribution in [0.1, 0.15) is 79.6 Å². The van der Waals surface area contributed by atoms with E-state index < -0.39 is 39.1 Å². The summed E-state index contributed by atoms with van der Waals surface area (Å²) in [5.74, 6) is -0.000330. The van der Waals surface area contributed by atoms with E-state index in [4.69, 9.17) is 23.2 Å². The van der Waals surface area contributed by atoms with Crippen molar-refractivity contribution in [2.75, 3.05) is 6.79 Å². The molecule has 6 nitrogen and oxygen atoms in total. The van der Waals surface area contributed by atoms with E-state index in [-0.39, 0.29) is 41.8 Å². The van der Waals surface area contributed by atoms with Crippen molar-refractivity contribution in [3.8, 4) is 0 Å². The van der Waals surface area contributed by atoms with Gasteiger partial charge in [-0.15, -0.1) is 0 Å². The van der Waals surface area contributed by atoms with Crippen LogP contribution in [-0.2, 0) is 28.0 Å². The van der Waals surface area contributed by atoms with Gasteiger partial charge in [-0.2, -0.15) is 0 Å². The Labute approximate surface area is 282 Å². The highest BCUT2D eigenvalue weighted by molar-refractivity contribution is 7.09. The quantitative estimate of drug-likeness (QED) is 0.118. The van der Waals surface area contributed by atoms with E-state index in [1.807, 2.05) is 18.2 Å². The monoisotopic (exact) mass is 686 g/mol. The molecule has 9 heteroatoms. The molecular formula is C37H59O6PSi2. The zero-order valence-electron chi connectivity index (χ0n) is 30.4. The number of carbonyl (C=O) groups is 1. The Hall–Kier alpha value is -0.966. The molecule has 1 heterocycles. The van der Waals surface area contributed by atoms with Crippen molar-refractivity contribution in [1.29, 1.82) is 0 Å². The molecule has 1 aromatic rings. The number of ketones is 1. The normalized spacial score (nSPS) is 34.8. The molecule has 1 saturated carbocycles. The molecule has 2 bridgehead atoms. The summed E-state index contributed by atoms with van der Waals surface area (Å²) < 4.78 is 33.8. The number of carbonyl (C=O) groups excluding carboxylic acids is 1. The summed E-state index contributed by atoms with van der Waals surface area (Å²) in [6.45, 7) is 27.8. The standard InChI is InChI=1S/C37H59O6PSi2/c1-24-27-20-29(38)36(7)30(39-23-40-44)19-18-26(22-45(8,9)10)31(36)32-37(35(27,5)6,21-28(24)43-46(11,12)34(2,3)4)42-33(41-32)25-16-14-13-15-17-25/h13-18,28,30-33H,19-23,44H2,1-12H3/t28-,30-,31-,32-,33-,36+,37+/m0/s1. The minimum Gasteiger partial charge on any atom is -0.410 e. The van der Waals surface area contributed by atoms with Crippen molar-refractivity contribution in [2.24, 2.45) is 16.7 Å². The predicted molar refractivity (Wildman–Crippen MR) is 194 cm³/mol. The van der Waals surface area contributed by atoms with Crippen LogP contribution in [0.2, 0.25) is 43.8 Å². The number of hydrogen-bond acceptors (Lipinski definition) is 6. The van der Waals surface area contributed by atoms with Crippen LogP contribution in [0.4, 0.5) is 0 Å². The summed E-state index contributed by atoms with van der Waals surface area (Å²) in [6.07, 6.45) is 2.62. The van der Waals surface area contributed by atoms with Crippen LogP contribution < -0.4 is 0 Å². The molecular weight excluding hydrogens is 628 g/mol. The predicted octanol–water partition coefficient (Wildman–Crippen LogP) is 9.39. The van der Waals surface area contributed by atoms with Gasteiger partial charge >= 0.3 is 0 Å². The van der Waals surface area contributed by atoms with E-state index in [0.29, 0.717) is 19.3 Å². The Balaban J connectivity index is 1.77. The molecule has 2 fully saturated rings. The Bertz CT molecular complexity index is 1380. The zero-order valence-corrected chi connectivity index (χ0v) is 33.6. The highest BCUT2D eigenvalue weighted by Crippen LogP contribution is 2.66. The average Bonchev–Trinajstić information content (AvgIpc) is 3.32. The van der Waals surface area contributed by atoms with Gasteiger partial charge < -0.3 is 23.2 Å². The van der Waals surface area contributed by atoms with Crippen LogP contribution in [0.3, 0.4) is 0 Å². The van der Waals surface area contributed by atoms with E-state index in [1.165, 1.54) is 11.1 Å². The van der Waals surface area contributed by atoms with Gasteiger partial charge in [0.2, 0.25) is 0 Å². The smallest absolute Gasteiger partial charge is 0.192 e. The van der Waals surface area contributed by atoms with Gasteiger partial charge in [0.1, 0.15) is 18.2 Å². The number of rotatable bonds is 8. The second-order valence-corrected chi connectivity index (χ2v) is 28.3. The van der Waals surface area contributed by atoms with Gasteiger partial charge in [0.15, 0.2) is 14.6 Å². The van der Waals surface area contributed by atoms with Gasteiger partial charge in [0, 0.05) is 47.3 Å². The number of hydrogen-bond donors (Lipinski definition) is 0. The maximum absolute atomic E-state index is 15.1. The van der Waals surface area contributed by atoms with E-state index >= 15 is 4.79 Å². The first kappa shape index (κ1) is 36.3. The summed E-state index contributed by atoms with van der Waals surface area (Å²) in [7, 11) is -1.50. The molecule has 4 aliphatic rings. The first-order valence-electron chi connectivity index (χ1n) is 17.1. The summed E-state index contributed by atoms with van der Waals surface area (Å²) >= 11 is 0. The lowest BCUT2D eigenvalue weighted by atomic mass is 9.49. The molecule has 0 aromatic heterocycles. The van der Waals surface area contributed by atoms with E-state index in [9.17, 15) is 0 Å². The molecule has 5 rings (SSSR count). The fourth-order valence-electron chi connectivity index (χ4n) is 8.54. The number of benzene rings is 1. The minimum absolute atomic E-state index is 0.0405. The van der Waals surface area contributed by atoms with Crippen molar-refractivity contribution in [3.05, 3.63) is 58.7 Å². The summed E-state index contributed by atoms with van der Waals surface area (Å²) in [5, 5.41) is 0.0405. The van der Waals surface area contributed by atoms with Crippen molar-refractivity contribution in [1.82, 2.24) is 0 Å². The first-order valence-corrected chi connectivity index (χ1v) is 24.2. The zero-order chi connectivity index (χ0) is 34.1. The van der Waals surface area contributed by atoms with Gasteiger partial charge in [-0.3, -0.25) is 4.79 Å². The maximum atomic E-state index is 15.1. The van der Waals surface area contributed by atoms with Crippen LogP contribution >= 0.6 is 9.47 Å². The van der Waals surface area contributed by atoms with Gasteiger partial charge in [-0.1, -0.05) is 102 Å². The van der Waals surface area contributed by atoms with Gasteiger partial charge in [0.05, 0.1) is 23.7 Å². The molecule has 3 aliphatic carbocycles. The molecule has 46 heavy (non-hydrogen) atoms. The van der Waals surface area contributed by atoms with E-state index in [0.717, 1.165) is 17.2 Å². The third-order valence-electron chi connectivity index (χ3n) is 12.2. The Kier molecular flexibility index (Phi) is 9.80. The maximum Gasteiger partial charge on any atom is 0.192 e. The highest BCUT2D eigenvalue weighted by Gasteiger charge is 2.71. The second-order valence-electron chi connectivity index (χ2n) is 17.7. The van der Waals surface area contributed by atoms with Crippen molar-refractivity contribution < 1.29 is 28.0 Å². The fourth-order valence-corrected chi connectivity index (χ4v) is 11.5. The molecule has 1 unspecified atom stereocenters. The molecule has 0 radical (unpaired) electrons. The van der Waals surface area contributed by atoms with Crippen molar-refractivity contribution in [2.45, 2.75) is 142 Å². The topological polar surface area (TPSA) is 63.2 Å². The van der Waals surface area contributed by atoms with Gasteiger partial charge in [0.25, 0.3) is 0 Å². The van der Waals surface area contributed by atoms with Crippen LogP contribution in [0.25, 0.3) is 0 Å². The van der Waals surface area contributed by atoms with Gasteiger partial charge in [-0.05, 0) is 50.0 Å². The van der Waals surface area contributed by atoms with Crippen LogP contribution in [0.15, 0.2) is 53.1 Å². The Morgan fingerprint density at radius 3 is 2.28 bits per heavy atom. The van der Waals surface area contributed by atoms with Gasteiger partial charge in [-0.25, -0.2) is 0 Å². The lowest BCUT2D eigenvalue weighted by Crippen LogP contribution is -2.67. The van der Waals surface area contributed by atoms with Crippen LogP contribution in [0.5, 0.6) is 0 Å². The average molecular weight is 687 g/mol. The Morgan fingerprint density at radius 1 is 1.04 bits per heavy atom. The summed E-state index contributed by atoms with van der Waals surface area (Å²) in [5.41, 5.74) is 2.61. The van der Waals surface area contributed by atoms with Crippen LogP contribution in [-0.4, -0.2) is 52.9 Å². The van der Waals surface area contributed by atoms with E-state index in [1.54, 1.807) is 0 Å². The molecule has 1 saturated heterocycles. The largest absolute Gasteiger partial charge is 0.410 e. The molecule has 0 N–H and O–H groups in total. The van der Waals surface area contributed by atoms with Crippen molar-refractivity contribution in [3.63, 3.8) is 0 Å². The lowest BCUT2D eigenvalue weighted by Gasteiger charge is -2.60. The number of Topliss-reactive ketones (excluding diaryl/α,β-unsaturated/α-hetero) is 1. The number of ether oxygens (including phenoxy) is 3. The molecule has 8 atom stereocenters. The lowest BCUT2D eigenvalue weighted by molar-refractivity contribution is -0.174. The third kappa shape index (κ3) is 6.06. The summed E-state index contributed by atoms with van der Waals surface area (Å²) in [4.78, 5) is 15.1. The number of fused-ring (bicyclic) bond motifs is 3. The SMILES string of the molecule is CC1=C2CC(=O)[C@]3(C)[C@@H](OCOP)CC=C(C[Si](C)(C)C)[C@H]3[C@@H]3O[C@H](c4ccccc4)O[C@@]3(C[C@@H]1O[Si](C)(C)C(C)(C)C)C2(C)C. The second kappa shape index (κ2) is 12.4. The Morgan fingerprint density at radius 2 is 1.70 bits per heavy atom. The van der Waals surface area contributed by atoms with Crippen LogP contribution in [0, 0.1) is 16.7 Å². The first-order chi connectivity index (χ1) is 21.2. The molecule has 256 valence electrons. The van der Waals surface area contributed by atoms with Crippen molar-refractivity contribution >= 4 is 31.6 Å². The molecule has 1 aliphatic heterocycles. The fraction of sp³-hybridized carbons (Fsp3) is 0.703.